The number of hydrogen-bond acceptors (Lipinski definition) is 3. The molecule has 3 amide bonds. The Morgan fingerprint density at radius 1 is 1.07 bits per heavy atom. The number of carbonyl (C=O) groups is 2. The molecule has 0 aliphatic carbocycles. The molecule has 30 heavy (non-hydrogen) atoms. The number of rotatable bonds is 3. The van der Waals surface area contributed by atoms with Gasteiger partial charge in [0.2, 0.25) is 0 Å². The van der Waals surface area contributed by atoms with Gasteiger partial charge in [0.15, 0.2) is 0 Å². The van der Waals surface area contributed by atoms with Crippen molar-refractivity contribution in [2.24, 2.45) is 0 Å². The predicted molar refractivity (Wildman–Crippen MR) is 121 cm³/mol. The fourth-order valence-electron chi connectivity index (χ4n) is 4.11. The van der Waals surface area contributed by atoms with Gasteiger partial charge in [0.25, 0.3) is 5.91 Å². The number of urea groups is 1. The smallest absolute Gasteiger partial charge is 0.329 e. The van der Waals surface area contributed by atoms with Crippen molar-refractivity contribution in [3.05, 3.63) is 76.5 Å². The van der Waals surface area contributed by atoms with E-state index in [4.69, 9.17) is 0 Å². The Hall–Kier alpha value is -3.34. The molecule has 5 nitrogen and oxygen atoms in total. The molecule has 5 heteroatoms. The summed E-state index contributed by atoms with van der Waals surface area (Å²) in [5.41, 5.74) is 6.68. The number of amides is 3. The highest BCUT2D eigenvalue weighted by Crippen LogP contribution is 2.39. The molecule has 0 atom stereocenters. The van der Waals surface area contributed by atoms with E-state index in [2.05, 4.69) is 56.2 Å². The van der Waals surface area contributed by atoms with E-state index in [9.17, 15) is 9.59 Å². The Balaban J connectivity index is 1.67. The van der Waals surface area contributed by atoms with Crippen LogP contribution in [0.15, 0.2) is 54.2 Å². The Morgan fingerprint density at radius 3 is 2.47 bits per heavy atom. The maximum Gasteiger partial charge on any atom is 0.329 e. The number of carbonyl (C=O) groups excluding carboxylic acids is 2. The molecular weight excluding hydrogens is 374 g/mol. The van der Waals surface area contributed by atoms with Gasteiger partial charge in [-0.15, -0.1) is 0 Å². The summed E-state index contributed by atoms with van der Waals surface area (Å²) < 4.78 is 0. The number of anilines is 1. The summed E-state index contributed by atoms with van der Waals surface area (Å²) in [5.74, 6) is -0.300. The van der Waals surface area contributed by atoms with Gasteiger partial charge in [0.1, 0.15) is 5.70 Å². The lowest BCUT2D eigenvalue weighted by molar-refractivity contribution is -0.123. The van der Waals surface area contributed by atoms with Crippen LogP contribution in [-0.2, 0) is 11.3 Å². The van der Waals surface area contributed by atoms with Crippen molar-refractivity contribution in [2.45, 2.75) is 39.8 Å². The summed E-state index contributed by atoms with van der Waals surface area (Å²) in [7, 11) is 2.10. The second-order valence-electron chi connectivity index (χ2n) is 8.63. The van der Waals surface area contributed by atoms with E-state index in [-0.39, 0.29) is 24.0 Å². The molecule has 0 saturated carbocycles. The van der Waals surface area contributed by atoms with Gasteiger partial charge in [-0.05, 0) is 68.2 Å². The zero-order valence-corrected chi connectivity index (χ0v) is 18.1. The average molecular weight is 402 g/mol. The molecule has 154 valence electrons. The van der Waals surface area contributed by atoms with Crippen LogP contribution in [0.2, 0.25) is 0 Å². The first-order chi connectivity index (χ1) is 14.2. The third kappa shape index (κ3) is 3.41. The van der Waals surface area contributed by atoms with Crippen LogP contribution in [0.5, 0.6) is 0 Å². The van der Waals surface area contributed by atoms with E-state index in [1.807, 2.05) is 37.3 Å². The minimum atomic E-state index is -0.386. The van der Waals surface area contributed by atoms with Crippen molar-refractivity contribution in [3.63, 3.8) is 0 Å². The van der Waals surface area contributed by atoms with E-state index in [0.29, 0.717) is 5.70 Å². The molecule has 0 spiro atoms. The monoisotopic (exact) mass is 401 g/mol. The highest BCUT2D eigenvalue weighted by Gasteiger charge is 2.34. The largest absolute Gasteiger partial charge is 0.365 e. The van der Waals surface area contributed by atoms with Crippen LogP contribution in [0.25, 0.3) is 11.6 Å². The maximum atomic E-state index is 12.9. The van der Waals surface area contributed by atoms with Crippen LogP contribution in [-0.4, -0.2) is 29.4 Å². The van der Waals surface area contributed by atoms with Crippen molar-refractivity contribution < 1.29 is 9.59 Å². The summed E-state index contributed by atoms with van der Waals surface area (Å²) in [6, 6.07) is 13.4. The maximum absolute atomic E-state index is 12.9. The van der Waals surface area contributed by atoms with Crippen LogP contribution in [0, 0.1) is 6.92 Å². The number of likely N-dealkylation sites (N-methyl/N-ethyl adjacent to an activating group) is 1. The lowest BCUT2D eigenvalue weighted by atomic mass is 9.87. The molecule has 2 aliphatic heterocycles. The van der Waals surface area contributed by atoms with Crippen LogP contribution < -0.4 is 10.2 Å². The quantitative estimate of drug-likeness (QED) is 0.598. The molecule has 2 aromatic rings. The van der Waals surface area contributed by atoms with Gasteiger partial charge in [-0.3, -0.25) is 9.69 Å². The van der Waals surface area contributed by atoms with Gasteiger partial charge in [-0.2, -0.15) is 0 Å². The third-order valence-electron chi connectivity index (χ3n) is 6.05. The van der Waals surface area contributed by atoms with Crippen molar-refractivity contribution in [2.75, 3.05) is 11.9 Å². The number of aryl methyl sites for hydroxylation is 1. The number of benzene rings is 2. The fraction of sp³-hybridized carbons (Fsp3) is 0.280. The lowest BCUT2D eigenvalue weighted by Crippen LogP contribution is -2.42. The number of imide groups is 1. The van der Waals surface area contributed by atoms with Crippen molar-refractivity contribution in [1.29, 1.82) is 0 Å². The molecule has 2 heterocycles. The number of allylic oxidation sites excluding steroid dienone is 1. The Labute approximate surface area is 177 Å². The van der Waals surface area contributed by atoms with E-state index >= 15 is 0 Å². The molecule has 0 aromatic heterocycles. The molecule has 1 fully saturated rings. The Kier molecular flexibility index (Phi) is 4.77. The summed E-state index contributed by atoms with van der Waals surface area (Å²) >= 11 is 0. The second-order valence-corrected chi connectivity index (χ2v) is 8.63. The molecule has 0 bridgehead atoms. The number of fused-ring (bicyclic) bond motifs is 1. The SMILES string of the molecule is CC1=CC(C)(C)N(C)c2cc(C)c(/C=C3\NC(=O)N(Cc4ccccc4)C3=O)cc21. The first-order valence-electron chi connectivity index (χ1n) is 10.1. The van der Waals surface area contributed by atoms with Crippen LogP contribution in [0.3, 0.4) is 0 Å². The van der Waals surface area contributed by atoms with Crippen molar-refractivity contribution >= 4 is 29.3 Å². The van der Waals surface area contributed by atoms with Crippen LogP contribution >= 0.6 is 0 Å². The van der Waals surface area contributed by atoms with Crippen molar-refractivity contribution in [3.8, 4) is 0 Å². The first kappa shape index (κ1) is 20.0. The van der Waals surface area contributed by atoms with Gasteiger partial charge >= 0.3 is 6.03 Å². The molecule has 2 aromatic carbocycles. The number of hydrogen-bond donors (Lipinski definition) is 1. The Bertz CT molecular complexity index is 1100. The van der Waals surface area contributed by atoms with Gasteiger partial charge in [-0.25, -0.2) is 4.79 Å². The topological polar surface area (TPSA) is 52.7 Å². The molecule has 4 rings (SSSR count). The molecule has 0 radical (unpaired) electrons. The molecular formula is C25H27N3O2. The third-order valence-corrected chi connectivity index (χ3v) is 6.05. The lowest BCUT2D eigenvalue weighted by Gasteiger charge is -2.41. The van der Waals surface area contributed by atoms with Crippen LogP contribution in [0.4, 0.5) is 10.5 Å². The van der Waals surface area contributed by atoms with Gasteiger partial charge in [0.05, 0.1) is 12.1 Å². The van der Waals surface area contributed by atoms with E-state index in [0.717, 1.165) is 22.3 Å². The van der Waals surface area contributed by atoms with Gasteiger partial charge < -0.3 is 10.2 Å². The van der Waals surface area contributed by atoms with E-state index in [1.165, 1.54) is 16.2 Å². The molecule has 1 N–H and O–H groups in total. The zero-order chi connectivity index (χ0) is 21.6. The molecule has 1 saturated heterocycles. The summed E-state index contributed by atoms with van der Waals surface area (Å²) in [5, 5.41) is 2.74. The minimum Gasteiger partial charge on any atom is -0.365 e. The van der Waals surface area contributed by atoms with Crippen molar-refractivity contribution in [1.82, 2.24) is 10.2 Å². The fourth-order valence-corrected chi connectivity index (χ4v) is 4.11. The van der Waals surface area contributed by atoms with Crippen LogP contribution in [0.1, 0.15) is 43.0 Å². The summed E-state index contributed by atoms with van der Waals surface area (Å²) in [6.45, 7) is 8.79. The second kappa shape index (κ2) is 7.17. The number of nitrogens with one attached hydrogen (secondary N) is 1. The minimum absolute atomic E-state index is 0.0587. The Morgan fingerprint density at radius 2 is 1.77 bits per heavy atom. The standard InChI is InChI=1S/C25H27N3O2/c1-16-11-22-20(17(2)14-25(3,4)27(22)5)12-19(16)13-21-23(29)28(24(30)26-21)15-18-9-7-6-8-10-18/h6-14H,15H2,1-5H3,(H,26,30)/b21-13-. The highest BCUT2D eigenvalue weighted by molar-refractivity contribution is 6.14. The van der Waals surface area contributed by atoms with E-state index < -0.39 is 0 Å². The zero-order valence-electron chi connectivity index (χ0n) is 18.1. The van der Waals surface area contributed by atoms with Gasteiger partial charge in [-0.1, -0.05) is 36.4 Å². The normalized spacial score (nSPS) is 19.1. The highest BCUT2D eigenvalue weighted by atomic mass is 16.2. The molecule has 2 aliphatic rings. The van der Waals surface area contributed by atoms with E-state index in [1.54, 1.807) is 6.08 Å². The summed E-state index contributed by atoms with van der Waals surface area (Å²) in [4.78, 5) is 28.8. The molecule has 0 unspecified atom stereocenters. The average Bonchev–Trinajstić information content (AvgIpc) is 2.95. The predicted octanol–water partition coefficient (Wildman–Crippen LogP) is 4.72. The first-order valence-corrected chi connectivity index (χ1v) is 10.1. The number of nitrogens with zero attached hydrogens (tertiary/aromatic N) is 2. The van der Waals surface area contributed by atoms with Gasteiger partial charge in [0, 0.05) is 18.3 Å². The summed E-state index contributed by atoms with van der Waals surface area (Å²) in [6.07, 6.45) is 4.04.